The van der Waals surface area contributed by atoms with E-state index < -0.39 is 5.97 Å². The number of carboxylic acids is 1. The fourth-order valence-corrected chi connectivity index (χ4v) is 3.46. The second-order valence-electron chi connectivity index (χ2n) is 7.69. The standard InChI is InChI=1S/C16H28N2O3/c1-15(2)8-4-12(5-9-15)18-14(21)17-11-16(6-3-7-16)10-13(19)20/h12H,3-11H2,1-2H3,(H,19,20)(H2,17,18,21). The van der Waals surface area contributed by atoms with Crippen molar-refractivity contribution in [1.82, 2.24) is 10.6 Å². The molecular formula is C16H28N2O3. The molecule has 0 aliphatic heterocycles. The normalized spacial score (nSPS) is 23.9. The summed E-state index contributed by atoms with van der Waals surface area (Å²) in [6.45, 7) is 5.02. The summed E-state index contributed by atoms with van der Waals surface area (Å²) in [5.41, 5.74) is 0.184. The molecule has 2 aliphatic carbocycles. The van der Waals surface area contributed by atoms with Crippen molar-refractivity contribution in [3.8, 4) is 0 Å². The Kier molecular flexibility index (Phi) is 4.79. The van der Waals surface area contributed by atoms with Crippen LogP contribution in [0.2, 0.25) is 0 Å². The van der Waals surface area contributed by atoms with Crippen LogP contribution in [0.5, 0.6) is 0 Å². The van der Waals surface area contributed by atoms with Gasteiger partial charge >= 0.3 is 12.0 Å². The summed E-state index contributed by atoms with van der Waals surface area (Å²) >= 11 is 0. The minimum Gasteiger partial charge on any atom is -0.481 e. The van der Waals surface area contributed by atoms with E-state index in [9.17, 15) is 9.59 Å². The van der Waals surface area contributed by atoms with E-state index in [2.05, 4.69) is 24.5 Å². The first-order valence-electron chi connectivity index (χ1n) is 8.07. The number of rotatable bonds is 5. The molecule has 0 spiro atoms. The van der Waals surface area contributed by atoms with Crippen molar-refractivity contribution in [3.63, 3.8) is 0 Å². The summed E-state index contributed by atoms with van der Waals surface area (Å²) in [6, 6.07) is 0.117. The van der Waals surface area contributed by atoms with Crippen molar-refractivity contribution in [2.75, 3.05) is 6.54 Å². The smallest absolute Gasteiger partial charge is 0.315 e. The Labute approximate surface area is 126 Å². The van der Waals surface area contributed by atoms with Crippen LogP contribution in [0.15, 0.2) is 0 Å². The van der Waals surface area contributed by atoms with Crippen molar-refractivity contribution in [3.05, 3.63) is 0 Å². The highest BCUT2D eigenvalue weighted by atomic mass is 16.4. The highest BCUT2D eigenvalue weighted by molar-refractivity contribution is 5.74. The topological polar surface area (TPSA) is 78.4 Å². The van der Waals surface area contributed by atoms with Crippen molar-refractivity contribution in [1.29, 1.82) is 0 Å². The molecule has 2 aliphatic rings. The minimum absolute atomic E-state index is 0.142. The van der Waals surface area contributed by atoms with E-state index in [0.717, 1.165) is 44.9 Å². The highest BCUT2D eigenvalue weighted by Crippen LogP contribution is 2.43. The Morgan fingerprint density at radius 1 is 1.14 bits per heavy atom. The van der Waals surface area contributed by atoms with Crippen molar-refractivity contribution < 1.29 is 14.7 Å². The van der Waals surface area contributed by atoms with Crippen LogP contribution in [0, 0.1) is 10.8 Å². The van der Waals surface area contributed by atoms with Crippen LogP contribution in [0.4, 0.5) is 4.79 Å². The number of carbonyl (C=O) groups is 2. The molecule has 0 radical (unpaired) electrons. The Balaban J connectivity index is 1.71. The molecule has 0 aromatic carbocycles. The van der Waals surface area contributed by atoms with Crippen LogP contribution in [0.3, 0.4) is 0 Å². The number of amides is 2. The first-order valence-corrected chi connectivity index (χ1v) is 8.07. The molecule has 0 aromatic heterocycles. The number of nitrogens with one attached hydrogen (secondary N) is 2. The first kappa shape index (κ1) is 16.1. The second-order valence-corrected chi connectivity index (χ2v) is 7.69. The lowest BCUT2D eigenvalue weighted by molar-refractivity contribution is -0.141. The molecule has 0 unspecified atom stereocenters. The summed E-state index contributed by atoms with van der Waals surface area (Å²) in [7, 11) is 0. The molecule has 0 aromatic rings. The van der Waals surface area contributed by atoms with Gasteiger partial charge in [-0.05, 0) is 49.4 Å². The molecule has 0 saturated heterocycles. The first-order chi connectivity index (χ1) is 9.80. The molecule has 3 N–H and O–H groups in total. The van der Waals surface area contributed by atoms with Gasteiger partial charge in [0.15, 0.2) is 0 Å². The van der Waals surface area contributed by atoms with E-state index >= 15 is 0 Å². The highest BCUT2D eigenvalue weighted by Gasteiger charge is 2.39. The van der Waals surface area contributed by atoms with E-state index in [1.165, 1.54) is 0 Å². The molecule has 2 rings (SSSR count). The fraction of sp³-hybridized carbons (Fsp3) is 0.875. The van der Waals surface area contributed by atoms with E-state index in [4.69, 9.17) is 5.11 Å². The van der Waals surface area contributed by atoms with Gasteiger partial charge in [-0.15, -0.1) is 0 Å². The van der Waals surface area contributed by atoms with Gasteiger partial charge in [-0.2, -0.15) is 0 Å². The van der Waals surface area contributed by atoms with Crippen molar-refractivity contribution >= 4 is 12.0 Å². The lowest BCUT2D eigenvalue weighted by atomic mass is 9.66. The molecule has 0 atom stereocenters. The maximum absolute atomic E-state index is 12.0. The summed E-state index contributed by atoms with van der Waals surface area (Å²) in [4.78, 5) is 22.9. The SMILES string of the molecule is CC1(C)CCC(NC(=O)NCC2(CC(=O)O)CCC2)CC1. The van der Waals surface area contributed by atoms with E-state index in [1.807, 2.05) is 0 Å². The van der Waals surface area contributed by atoms with Crippen LogP contribution in [0.1, 0.15) is 65.2 Å². The van der Waals surface area contributed by atoms with Gasteiger partial charge < -0.3 is 15.7 Å². The van der Waals surface area contributed by atoms with Gasteiger partial charge in [0.05, 0.1) is 6.42 Å². The molecule has 5 nitrogen and oxygen atoms in total. The van der Waals surface area contributed by atoms with Crippen LogP contribution < -0.4 is 10.6 Å². The lowest BCUT2D eigenvalue weighted by Crippen LogP contribution is -2.49. The molecule has 0 heterocycles. The fourth-order valence-electron chi connectivity index (χ4n) is 3.46. The van der Waals surface area contributed by atoms with Gasteiger partial charge in [0.1, 0.15) is 0 Å². The number of hydrogen-bond acceptors (Lipinski definition) is 2. The summed E-state index contributed by atoms with van der Waals surface area (Å²) in [6.07, 6.45) is 7.36. The molecule has 2 amide bonds. The molecule has 2 saturated carbocycles. The molecular weight excluding hydrogens is 268 g/mol. The van der Waals surface area contributed by atoms with Gasteiger partial charge in [-0.25, -0.2) is 4.79 Å². The summed E-state index contributed by atoms with van der Waals surface area (Å²) < 4.78 is 0. The number of hydrogen-bond donors (Lipinski definition) is 3. The van der Waals surface area contributed by atoms with Crippen LogP contribution in [-0.2, 0) is 4.79 Å². The summed E-state index contributed by atoms with van der Waals surface area (Å²) in [5.74, 6) is -0.772. The monoisotopic (exact) mass is 296 g/mol. The molecule has 120 valence electrons. The Morgan fingerprint density at radius 2 is 1.76 bits per heavy atom. The van der Waals surface area contributed by atoms with Gasteiger partial charge in [0.25, 0.3) is 0 Å². The maximum atomic E-state index is 12.0. The van der Waals surface area contributed by atoms with Crippen molar-refractivity contribution in [2.45, 2.75) is 71.3 Å². The molecule has 5 heteroatoms. The number of carboxylic acid groups (broad SMARTS) is 1. The minimum atomic E-state index is -0.772. The van der Waals surface area contributed by atoms with Gasteiger partial charge in [-0.3, -0.25) is 4.79 Å². The third kappa shape index (κ3) is 4.61. The Bertz CT molecular complexity index is 392. The Morgan fingerprint density at radius 3 is 2.24 bits per heavy atom. The molecule has 21 heavy (non-hydrogen) atoms. The third-order valence-electron chi connectivity index (χ3n) is 5.24. The predicted octanol–water partition coefficient (Wildman–Crippen LogP) is 2.90. The second kappa shape index (κ2) is 6.24. The Hall–Kier alpha value is -1.26. The lowest BCUT2D eigenvalue weighted by Gasteiger charge is -2.41. The summed E-state index contributed by atoms with van der Waals surface area (Å²) in [5, 5.41) is 14.9. The number of carbonyl (C=O) groups excluding carboxylic acids is 1. The van der Waals surface area contributed by atoms with Gasteiger partial charge in [-0.1, -0.05) is 20.3 Å². The number of aliphatic carboxylic acids is 1. The van der Waals surface area contributed by atoms with Gasteiger partial charge in [0.2, 0.25) is 0 Å². The predicted molar refractivity (Wildman–Crippen MR) is 81.1 cm³/mol. The zero-order valence-electron chi connectivity index (χ0n) is 13.2. The molecule has 2 fully saturated rings. The van der Waals surface area contributed by atoms with Gasteiger partial charge in [0, 0.05) is 12.6 Å². The van der Waals surface area contributed by atoms with E-state index in [1.54, 1.807) is 0 Å². The van der Waals surface area contributed by atoms with E-state index in [0.29, 0.717) is 12.0 Å². The third-order valence-corrected chi connectivity index (χ3v) is 5.24. The van der Waals surface area contributed by atoms with Crippen LogP contribution >= 0.6 is 0 Å². The number of urea groups is 1. The zero-order chi connectivity index (χ0) is 15.5. The van der Waals surface area contributed by atoms with Crippen LogP contribution in [-0.4, -0.2) is 29.7 Å². The maximum Gasteiger partial charge on any atom is 0.315 e. The van der Waals surface area contributed by atoms with E-state index in [-0.39, 0.29) is 23.9 Å². The zero-order valence-corrected chi connectivity index (χ0v) is 13.2. The average Bonchev–Trinajstić information content (AvgIpc) is 2.35. The quantitative estimate of drug-likeness (QED) is 0.730. The largest absolute Gasteiger partial charge is 0.481 e. The van der Waals surface area contributed by atoms with Crippen LogP contribution in [0.25, 0.3) is 0 Å². The van der Waals surface area contributed by atoms with Crippen molar-refractivity contribution in [2.24, 2.45) is 10.8 Å². The average molecular weight is 296 g/mol. The molecule has 0 bridgehead atoms.